The summed E-state index contributed by atoms with van der Waals surface area (Å²) < 4.78 is 12.9. The topological polar surface area (TPSA) is 60.7 Å². The maximum absolute atomic E-state index is 5.73. The summed E-state index contributed by atoms with van der Waals surface area (Å²) in [4.78, 5) is 9.69. The summed E-state index contributed by atoms with van der Waals surface area (Å²) in [5.41, 5.74) is 4.20. The highest BCUT2D eigenvalue weighted by Gasteiger charge is 2.24. The third kappa shape index (κ3) is 5.56. The minimum atomic E-state index is 0.328. The molecular weight excluding hydrogens is 412 g/mol. The lowest BCUT2D eigenvalue weighted by atomic mass is 9.90. The second-order valence-corrected chi connectivity index (χ2v) is 8.75. The molecule has 1 N–H and O–H groups in total. The molecule has 33 heavy (non-hydrogen) atoms. The van der Waals surface area contributed by atoms with E-state index in [-0.39, 0.29) is 0 Å². The van der Waals surface area contributed by atoms with Gasteiger partial charge in [-0.3, -0.25) is 4.57 Å². The number of nitrogens with one attached hydrogen (secondary N) is 1. The van der Waals surface area contributed by atoms with E-state index < -0.39 is 0 Å². The van der Waals surface area contributed by atoms with Crippen LogP contribution < -0.4 is 10.1 Å². The fraction of sp³-hybridized carbons (Fsp3) is 0.481. The average Bonchev–Trinajstić information content (AvgIpc) is 3.27. The first-order chi connectivity index (χ1) is 16.2. The Morgan fingerprint density at radius 3 is 2.94 bits per heavy atom. The predicted octanol–water partition coefficient (Wildman–Crippen LogP) is 5.58. The van der Waals surface area contributed by atoms with Crippen molar-refractivity contribution in [1.29, 1.82) is 0 Å². The normalized spacial score (nSPS) is 18.4. The van der Waals surface area contributed by atoms with Gasteiger partial charge in [0.05, 0.1) is 29.0 Å². The van der Waals surface area contributed by atoms with Crippen molar-refractivity contribution in [1.82, 2.24) is 14.9 Å². The monoisotopic (exact) mass is 448 g/mol. The zero-order chi connectivity index (χ0) is 23.0. The summed E-state index contributed by atoms with van der Waals surface area (Å²) >= 11 is 0. The molecule has 2 aromatic rings. The maximum Gasteiger partial charge on any atom is 0.134 e. The molecule has 6 heteroatoms. The van der Waals surface area contributed by atoms with Gasteiger partial charge >= 0.3 is 0 Å². The van der Waals surface area contributed by atoms with E-state index in [9.17, 15) is 0 Å². The summed E-state index contributed by atoms with van der Waals surface area (Å²) in [6.45, 7) is 6.65. The SMILES string of the molecule is CCCC(CC)CCNC1=CC=CC2CC=C(n3cnc4cc(OCCOC)ccc43)N=C12. The van der Waals surface area contributed by atoms with Crippen LogP contribution >= 0.6 is 0 Å². The van der Waals surface area contributed by atoms with Crippen LogP contribution in [0.15, 0.2) is 59.5 Å². The van der Waals surface area contributed by atoms with Gasteiger partial charge in [-0.05, 0) is 43.0 Å². The first-order valence-electron chi connectivity index (χ1n) is 12.2. The van der Waals surface area contributed by atoms with Crippen molar-refractivity contribution in [2.45, 2.75) is 46.0 Å². The number of allylic oxidation sites excluding steroid dienone is 5. The van der Waals surface area contributed by atoms with Gasteiger partial charge in [-0.15, -0.1) is 0 Å². The van der Waals surface area contributed by atoms with E-state index in [2.05, 4.69) is 53.0 Å². The number of methoxy groups -OCH3 is 1. The standard InChI is InChI=1S/C27H36N4O2/c1-4-7-20(5-2)14-15-28-23-9-6-8-21-10-13-26(30-27(21)23)31-19-29-24-18-22(11-12-25(24)31)33-17-16-32-3/h6,8-9,11-13,18-21,28H,4-5,7,10,14-17H2,1-3H3. The van der Waals surface area contributed by atoms with Crippen molar-refractivity contribution in [3.63, 3.8) is 0 Å². The lowest BCUT2D eigenvalue weighted by molar-refractivity contribution is 0.146. The van der Waals surface area contributed by atoms with Crippen LogP contribution in [0, 0.1) is 11.8 Å². The van der Waals surface area contributed by atoms with Gasteiger partial charge in [0.15, 0.2) is 0 Å². The van der Waals surface area contributed by atoms with Gasteiger partial charge in [0, 0.05) is 25.6 Å². The Balaban J connectivity index is 1.48. The van der Waals surface area contributed by atoms with E-state index in [1.54, 1.807) is 7.11 Å². The summed E-state index contributed by atoms with van der Waals surface area (Å²) in [7, 11) is 1.67. The fourth-order valence-corrected chi connectivity index (χ4v) is 4.58. The van der Waals surface area contributed by atoms with E-state index in [1.807, 2.05) is 24.5 Å². The molecule has 0 bridgehead atoms. The number of rotatable bonds is 12. The van der Waals surface area contributed by atoms with Crippen molar-refractivity contribution in [3.05, 3.63) is 54.5 Å². The zero-order valence-corrected chi connectivity index (χ0v) is 20.1. The molecule has 6 nitrogen and oxygen atoms in total. The van der Waals surface area contributed by atoms with Gasteiger partial charge in [-0.2, -0.15) is 0 Å². The number of imidazole rings is 1. The van der Waals surface area contributed by atoms with Crippen LogP contribution in [0.25, 0.3) is 16.9 Å². The Labute approximate surface area is 197 Å². The Hall–Kier alpha value is -2.86. The van der Waals surface area contributed by atoms with Crippen molar-refractivity contribution < 1.29 is 9.47 Å². The number of aromatic nitrogens is 2. The first-order valence-corrected chi connectivity index (χ1v) is 12.2. The van der Waals surface area contributed by atoms with E-state index in [1.165, 1.54) is 25.7 Å². The van der Waals surface area contributed by atoms with Gasteiger partial charge in [0.25, 0.3) is 0 Å². The molecule has 0 saturated heterocycles. The number of hydrogen-bond acceptors (Lipinski definition) is 5. The van der Waals surface area contributed by atoms with E-state index in [0.717, 1.165) is 52.9 Å². The maximum atomic E-state index is 5.73. The predicted molar refractivity (Wildman–Crippen MR) is 135 cm³/mol. The largest absolute Gasteiger partial charge is 0.491 e. The second kappa shape index (κ2) is 11.3. The van der Waals surface area contributed by atoms with E-state index >= 15 is 0 Å². The van der Waals surface area contributed by atoms with Crippen LogP contribution in [-0.4, -0.2) is 42.1 Å². The molecule has 2 heterocycles. The van der Waals surface area contributed by atoms with Crippen molar-refractivity contribution in [3.8, 4) is 5.75 Å². The molecule has 0 fully saturated rings. The van der Waals surface area contributed by atoms with Crippen LogP contribution in [-0.2, 0) is 4.74 Å². The van der Waals surface area contributed by atoms with Crippen LogP contribution in [0.2, 0.25) is 0 Å². The molecule has 1 aliphatic heterocycles. The molecule has 1 aromatic carbocycles. The molecule has 2 atom stereocenters. The molecular formula is C27H36N4O2. The Kier molecular flexibility index (Phi) is 8.00. The number of benzene rings is 1. The third-order valence-corrected chi connectivity index (χ3v) is 6.49. The van der Waals surface area contributed by atoms with Gasteiger partial charge in [-0.1, -0.05) is 45.3 Å². The summed E-state index contributed by atoms with van der Waals surface area (Å²) in [5.74, 6) is 2.85. The van der Waals surface area contributed by atoms with Gasteiger partial charge in [-0.25, -0.2) is 9.98 Å². The lowest BCUT2D eigenvalue weighted by Gasteiger charge is -2.26. The molecule has 0 saturated carbocycles. The van der Waals surface area contributed by atoms with Gasteiger partial charge in [0.2, 0.25) is 0 Å². The summed E-state index contributed by atoms with van der Waals surface area (Å²) in [6.07, 6.45) is 16.6. The van der Waals surface area contributed by atoms with Crippen molar-refractivity contribution in [2.24, 2.45) is 16.8 Å². The number of nitrogens with zero attached hydrogens (tertiary/aromatic N) is 3. The Morgan fingerprint density at radius 1 is 1.21 bits per heavy atom. The molecule has 2 aliphatic rings. The highest BCUT2D eigenvalue weighted by atomic mass is 16.5. The molecule has 0 amide bonds. The number of fused-ring (bicyclic) bond motifs is 2. The second-order valence-electron chi connectivity index (χ2n) is 8.75. The lowest BCUT2D eigenvalue weighted by Crippen LogP contribution is -2.30. The van der Waals surface area contributed by atoms with Crippen molar-refractivity contribution >= 4 is 22.6 Å². The van der Waals surface area contributed by atoms with Gasteiger partial charge < -0.3 is 14.8 Å². The molecule has 4 rings (SSSR count). The molecule has 0 radical (unpaired) electrons. The summed E-state index contributed by atoms with van der Waals surface area (Å²) in [5, 5.41) is 3.68. The number of aliphatic imine (C=N–C) groups is 1. The molecule has 176 valence electrons. The van der Waals surface area contributed by atoms with E-state index in [4.69, 9.17) is 14.5 Å². The highest BCUT2D eigenvalue weighted by Crippen LogP contribution is 2.30. The number of ether oxygens (including phenoxy) is 2. The van der Waals surface area contributed by atoms with Crippen LogP contribution in [0.3, 0.4) is 0 Å². The average molecular weight is 449 g/mol. The quantitative estimate of drug-likeness (QED) is 0.431. The first kappa shape index (κ1) is 23.3. The van der Waals surface area contributed by atoms with Crippen LogP contribution in [0.4, 0.5) is 0 Å². The van der Waals surface area contributed by atoms with Crippen molar-refractivity contribution in [2.75, 3.05) is 26.9 Å². The molecule has 2 unspecified atom stereocenters. The molecule has 1 aromatic heterocycles. The van der Waals surface area contributed by atoms with Crippen LogP contribution in [0.5, 0.6) is 5.75 Å². The zero-order valence-electron chi connectivity index (χ0n) is 20.1. The van der Waals surface area contributed by atoms with Gasteiger partial charge in [0.1, 0.15) is 24.5 Å². The minimum absolute atomic E-state index is 0.328. The number of hydrogen-bond donors (Lipinski definition) is 1. The smallest absolute Gasteiger partial charge is 0.134 e. The molecule has 0 spiro atoms. The highest BCUT2D eigenvalue weighted by molar-refractivity contribution is 6.06. The summed E-state index contributed by atoms with van der Waals surface area (Å²) in [6, 6.07) is 6.00. The molecule has 1 aliphatic carbocycles. The van der Waals surface area contributed by atoms with E-state index in [0.29, 0.717) is 19.1 Å². The third-order valence-electron chi connectivity index (χ3n) is 6.49. The Morgan fingerprint density at radius 2 is 2.12 bits per heavy atom. The van der Waals surface area contributed by atoms with Crippen LogP contribution in [0.1, 0.15) is 46.0 Å². The fourth-order valence-electron chi connectivity index (χ4n) is 4.58. The minimum Gasteiger partial charge on any atom is -0.491 e. The Bertz CT molecular complexity index is 1060.